The van der Waals surface area contributed by atoms with Crippen molar-refractivity contribution in [3.63, 3.8) is 0 Å². The molecular formula is C49H67BN2S. The average molecular weight is 727 g/mol. The summed E-state index contributed by atoms with van der Waals surface area (Å²) < 4.78 is 0. The summed E-state index contributed by atoms with van der Waals surface area (Å²) in [6.45, 7) is 6.26. The third-order valence-corrected chi connectivity index (χ3v) is 19.6. The fourth-order valence-corrected chi connectivity index (χ4v) is 17.6. The summed E-state index contributed by atoms with van der Waals surface area (Å²) >= 11 is 2.57. The van der Waals surface area contributed by atoms with Crippen molar-refractivity contribution in [3.05, 3.63) is 82.6 Å². The smallest absolute Gasteiger partial charge is 0.197 e. The Bertz CT molecular complexity index is 1680. The van der Waals surface area contributed by atoms with Gasteiger partial charge in [-0.1, -0.05) is 98.2 Å². The minimum absolute atomic E-state index is 0.177. The molecule has 4 heterocycles. The quantitative estimate of drug-likeness (QED) is 0.210. The van der Waals surface area contributed by atoms with Crippen LogP contribution in [0.3, 0.4) is 0 Å². The summed E-state index contributed by atoms with van der Waals surface area (Å²) in [7, 11) is 0. The van der Waals surface area contributed by atoms with Crippen LogP contribution in [0.2, 0.25) is 5.82 Å². The van der Waals surface area contributed by atoms with E-state index >= 15 is 0 Å². The molecule has 11 rings (SSSR count). The van der Waals surface area contributed by atoms with E-state index < -0.39 is 0 Å². The summed E-state index contributed by atoms with van der Waals surface area (Å²) in [4.78, 5) is 6.48. The van der Waals surface area contributed by atoms with Crippen LogP contribution in [0.15, 0.2) is 82.6 Å². The van der Waals surface area contributed by atoms with Crippen LogP contribution in [-0.2, 0) is 0 Å². The predicted molar refractivity (Wildman–Crippen MR) is 226 cm³/mol. The van der Waals surface area contributed by atoms with E-state index in [0.717, 1.165) is 34.8 Å². The lowest BCUT2D eigenvalue weighted by molar-refractivity contribution is 0.00641. The second-order valence-corrected chi connectivity index (χ2v) is 21.7. The number of hydrogen-bond donors (Lipinski definition) is 0. The third-order valence-electron chi connectivity index (χ3n) is 17.8. The molecule has 0 aromatic heterocycles. The Morgan fingerprint density at radius 2 is 1.70 bits per heavy atom. The highest BCUT2D eigenvalue weighted by molar-refractivity contribution is 8.02. The normalized spacial score (nSPS) is 41.5. The number of thioether (sulfide) groups is 1. The lowest BCUT2D eigenvalue weighted by Gasteiger charge is -2.61. The van der Waals surface area contributed by atoms with Gasteiger partial charge >= 0.3 is 0 Å². The van der Waals surface area contributed by atoms with Gasteiger partial charge in [0, 0.05) is 57.1 Å². The van der Waals surface area contributed by atoms with E-state index in [-0.39, 0.29) is 5.54 Å². The Kier molecular flexibility index (Phi) is 8.80. The van der Waals surface area contributed by atoms with Crippen molar-refractivity contribution in [2.24, 2.45) is 23.2 Å². The lowest BCUT2D eigenvalue weighted by Crippen LogP contribution is -2.69. The van der Waals surface area contributed by atoms with Crippen LogP contribution in [0.5, 0.6) is 0 Å². The fourth-order valence-electron chi connectivity index (χ4n) is 15.4. The molecule has 4 heteroatoms. The van der Waals surface area contributed by atoms with Crippen LogP contribution in [-0.4, -0.2) is 56.6 Å². The van der Waals surface area contributed by atoms with Crippen molar-refractivity contribution in [2.45, 2.75) is 195 Å². The van der Waals surface area contributed by atoms with Gasteiger partial charge in [-0.2, -0.15) is 11.8 Å². The molecule has 2 nitrogen and oxygen atoms in total. The van der Waals surface area contributed by atoms with Gasteiger partial charge < -0.3 is 4.90 Å². The zero-order valence-corrected chi connectivity index (χ0v) is 34.0. The number of allylic oxidation sites excluding steroid dienone is 9. The molecule has 11 aliphatic rings. The average Bonchev–Trinajstić information content (AvgIpc) is 3.73. The molecule has 0 radical (unpaired) electrons. The number of hydrogen-bond acceptors (Lipinski definition) is 3. The third kappa shape index (κ3) is 5.28. The Morgan fingerprint density at radius 3 is 2.47 bits per heavy atom. The van der Waals surface area contributed by atoms with Crippen molar-refractivity contribution in [3.8, 4) is 0 Å². The second kappa shape index (κ2) is 13.5. The molecule has 3 saturated heterocycles. The molecule has 53 heavy (non-hydrogen) atoms. The largest absolute Gasteiger partial charge is 0.362 e. The molecule has 0 amide bonds. The summed E-state index contributed by atoms with van der Waals surface area (Å²) in [6.07, 6.45) is 52.8. The van der Waals surface area contributed by atoms with E-state index in [9.17, 15) is 0 Å². The molecule has 1 spiro atoms. The summed E-state index contributed by atoms with van der Waals surface area (Å²) in [5.41, 5.74) is 9.66. The maximum atomic E-state index is 3.31. The molecule has 5 fully saturated rings. The van der Waals surface area contributed by atoms with Crippen LogP contribution >= 0.6 is 11.8 Å². The Hall–Kier alpha value is -1.65. The highest BCUT2D eigenvalue weighted by Gasteiger charge is 2.71. The first kappa shape index (κ1) is 34.6. The van der Waals surface area contributed by atoms with Gasteiger partial charge in [0.05, 0.1) is 0 Å². The molecule has 0 bridgehead atoms. The van der Waals surface area contributed by atoms with Crippen LogP contribution < -0.4 is 0 Å². The van der Waals surface area contributed by atoms with E-state index in [2.05, 4.69) is 90.1 Å². The Labute approximate surface area is 327 Å². The molecule has 4 aliphatic heterocycles. The SMILES string of the molecule is CC1(C)N2C3CC(C4CC=CCC4)=CC4=C3B(C3CC(C5=CCCC=C5)C=C(C32)C12CCCCC2)C1SC(C2CCCCC2)CC1N4C1C=CCCC1. The predicted octanol–water partition coefficient (Wildman–Crippen LogP) is 12.1. The number of rotatable bonds is 4. The van der Waals surface area contributed by atoms with Crippen LogP contribution in [0.4, 0.5) is 0 Å². The molecule has 0 aromatic carbocycles. The van der Waals surface area contributed by atoms with Crippen molar-refractivity contribution in [2.75, 3.05) is 0 Å². The van der Waals surface area contributed by atoms with E-state index in [4.69, 9.17) is 0 Å². The van der Waals surface area contributed by atoms with Crippen LogP contribution in [0, 0.1) is 23.2 Å². The molecule has 2 saturated carbocycles. The van der Waals surface area contributed by atoms with Gasteiger partial charge in [-0.3, -0.25) is 4.90 Å². The van der Waals surface area contributed by atoms with Gasteiger partial charge in [-0.25, -0.2) is 0 Å². The van der Waals surface area contributed by atoms with E-state index in [1.165, 1.54) is 135 Å². The Morgan fingerprint density at radius 1 is 0.830 bits per heavy atom. The van der Waals surface area contributed by atoms with Gasteiger partial charge in [0.25, 0.3) is 0 Å². The standard InChI is InChI=1S/C49H67BN2S/c1-48(2)49(26-16-7-17-27-49)39-28-36(33-18-8-3-9-19-33)29-40-46(39)52(48)42-31-37(34-20-10-4-11-21-34)30-41-45(42)50(40)47-43(51(41)38-24-14-6-15-25-38)32-44(53-47)35-22-12-5-13-23-35/h4,8,10,14,18-19,24,28,30,34-36,38,40,42-44,46-47H,3,5-7,9,11-13,15-17,20-23,25-27,29,31-32H2,1-2H3. The minimum atomic E-state index is 0.177. The van der Waals surface area contributed by atoms with Crippen molar-refractivity contribution >= 4 is 18.5 Å². The summed E-state index contributed by atoms with van der Waals surface area (Å²) in [6, 6.07) is 2.47. The topological polar surface area (TPSA) is 6.48 Å². The monoisotopic (exact) mass is 727 g/mol. The summed E-state index contributed by atoms with van der Waals surface area (Å²) in [5, 5.41) is 1.60. The fraction of sp³-hybridized carbons (Fsp3) is 0.714. The van der Waals surface area contributed by atoms with Crippen molar-refractivity contribution < 1.29 is 0 Å². The first-order valence-electron chi connectivity index (χ1n) is 23.1. The van der Waals surface area contributed by atoms with Gasteiger partial charge in [-0.15, -0.1) is 0 Å². The first-order valence-corrected chi connectivity index (χ1v) is 24.0. The zero-order valence-electron chi connectivity index (χ0n) is 33.2. The molecular weight excluding hydrogens is 659 g/mol. The molecule has 282 valence electrons. The van der Waals surface area contributed by atoms with E-state index in [1.807, 2.05) is 16.6 Å². The molecule has 7 aliphatic carbocycles. The molecule has 9 unspecified atom stereocenters. The zero-order chi connectivity index (χ0) is 35.3. The van der Waals surface area contributed by atoms with Crippen molar-refractivity contribution in [1.29, 1.82) is 0 Å². The molecule has 0 N–H and O–H groups in total. The van der Waals surface area contributed by atoms with Gasteiger partial charge in [-0.05, 0) is 145 Å². The highest BCUT2D eigenvalue weighted by Crippen LogP contribution is 2.70. The number of fused-ring (bicyclic) bond motifs is 5. The summed E-state index contributed by atoms with van der Waals surface area (Å²) in [5.74, 6) is 3.00. The second-order valence-electron chi connectivity index (χ2n) is 20.3. The van der Waals surface area contributed by atoms with Gasteiger partial charge in [0.15, 0.2) is 6.71 Å². The highest BCUT2D eigenvalue weighted by atomic mass is 32.2. The Balaban J connectivity index is 1.12. The van der Waals surface area contributed by atoms with Gasteiger partial charge in [0.2, 0.25) is 0 Å². The van der Waals surface area contributed by atoms with Crippen LogP contribution in [0.25, 0.3) is 0 Å². The first-order chi connectivity index (χ1) is 26.0. The maximum absolute atomic E-state index is 3.31. The number of nitrogens with zero attached hydrogens (tertiary/aromatic N) is 2. The maximum Gasteiger partial charge on any atom is 0.197 e. The van der Waals surface area contributed by atoms with Crippen LogP contribution in [0.1, 0.15) is 149 Å². The van der Waals surface area contributed by atoms with E-state index in [0.29, 0.717) is 35.5 Å². The van der Waals surface area contributed by atoms with Gasteiger partial charge in [0.1, 0.15) is 0 Å². The molecule has 0 aromatic rings. The van der Waals surface area contributed by atoms with Crippen molar-refractivity contribution in [1.82, 2.24) is 9.80 Å². The lowest BCUT2D eigenvalue weighted by atomic mass is 9.26. The molecule has 9 atom stereocenters. The van der Waals surface area contributed by atoms with E-state index in [1.54, 1.807) is 11.3 Å². The minimum Gasteiger partial charge on any atom is -0.362 e.